The number of hydrogen-bond donors (Lipinski definition) is 3. The monoisotopic (exact) mass is 362 g/mol. The Morgan fingerprint density at radius 2 is 1.88 bits per heavy atom. The van der Waals surface area contributed by atoms with Gasteiger partial charge in [0, 0.05) is 18.7 Å². The molecule has 6 nitrogen and oxygen atoms in total. The van der Waals surface area contributed by atoms with E-state index in [0.29, 0.717) is 24.0 Å². The summed E-state index contributed by atoms with van der Waals surface area (Å²) in [6.07, 6.45) is 3.40. The number of anilines is 1. The molecule has 0 radical (unpaired) electrons. The number of thiocarbonyl (C=S) groups is 1. The first kappa shape index (κ1) is 19.2. The van der Waals surface area contributed by atoms with Gasteiger partial charge in [0.2, 0.25) is 5.91 Å². The summed E-state index contributed by atoms with van der Waals surface area (Å²) in [6, 6.07) is 7.97. The van der Waals surface area contributed by atoms with E-state index in [1.807, 2.05) is 24.3 Å². The molecule has 2 rings (SSSR count). The summed E-state index contributed by atoms with van der Waals surface area (Å²) in [7, 11) is 0. The molecule has 0 aromatic heterocycles. The van der Waals surface area contributed by atoms with Gasteiger partial charge in [-0.25, -0.2) is 0 Å². The largest absolute Gasteiger partial charge is 0.333 e. The summed E-state index contributed by atoms with van der Waals surface area (Å²) in [5.41, 5.74) is 7.30. The molecule has 7 heteroatoms. The van der Waals surface area contributed by atoms with Gasteiger partial charge in [-0.15, -0.1) is 0 Å². The van der Waals surface area contributed by atoms with Gasteiger partial charge in [-0.05, 0) is 48.7 Å². The number of hydrogen-bond acceptors (Lipinski definition) is 3. The van der Waals surface area contributed by atoms with Gasteiger partial charge in [0.25, 0.3) is 5.91 Å². The van der Waals surface area contributed by atoms with Crippen LogP contribution in [-0.2, 0) is 9.59 Å². The smallest absolute Gasteiger partial charge is 0.257 e. The van der Waals surface area contributed by atoms with Crippen molar-refractivity contribution in [2.24, 2.45) is 0 Å². The lowest BCUT2D eigenvalue weighted by molar-refractivity contribution is -0.135. The highest BCUT2D eigenvalue weighted by Crippen LogP contribution is 2.17. The third kappa shape index (κ3) is 6.34. The van der Waals surface area contributed by atoms with E-state index in [1.165, 1.54) is 5.56 Å². The second-order valence-electron chi connectivity index (χ2n) is 6.53. The Kier molecular flexibility index (Phi) is 7.18. The van der Waals surface area contributed by atoms with Crippen LogP contribution in [-0.4, -0.2) is 34.9 Å². The minimum absolute atomic E-state index is 0.0404. The molecular formula is C18H26N4O2S. The van der Waals surface area contributed by atoms with Crippen molar-refractivity contribution in [3.8, 4) is 0 Å². The molecule has 136 valence electrons. The second kappa shape index (κ2) is 9.36. The minimum atomic E-state index is -0.283. The number of rotatable bonds is 4. The van der Waals surface area contributed by atoms with Crippen molar-refractivity contribution in [3.63, 3.8) is 0 Å². The Labute approximate surface area is 154 Å². The van der Waals surface area contributed by atoms with Crippen LogP contribution in [0.5, 0.6) is 0 Å². The van der Waals surface area contributed by atoms with E-state index >= 15 is 0 Å². The molecule has 0 atom stereocenters. The first-order chi connectivity index (χ1) is 12.0. The summed E-state index contributed by atoms with van der Waals surface area (Å²) < 4.78 is 0. The van der Waals surface area contributed by atoms with Gasteiger partial charge >= 0.3 is 0 Å². The molecule has 0 saturated carbocycles. The van der Waals surface area contributed by atoms with Crippen molar-refractivity contribution in [2.45, 2.75) is 45.4 Å². The molecule has 0 aliphatic carbocycles. The predicted molar refractivity (Wildman–Crippen MR) is 103 cm³/mol. The number of amides is 2. The molecule has 2 amide bonds. The summed E-state index contributed by atoms with van der Waals surface area (Å²) in [5.74, 6) is 0.230. The van der Waals surface area contributed by atoms with Gasteiger partial charge in [-0.2, -0.15) is 0 Å². The van der Waals surface area contributed by atoms with Crippen molar-refractivity contribution in [3.05, 3.63) is 29.8 Å². The van der Waals surface area contributed by atoms with Crippen LogP contribution >= 0.6 is 12.2 Å². The Balaban J connectivity index is 1.75. The van der Waals surface area contributed by atoms with Crippen LogP contribution in [0.2, 0.25) is 0 Å². The van der Waals surface area contributed by atoms with E-state index in [4.69, 9.17) is 12.2 Å². The number of nitrogens with zero attached hydrogens (tertiary/aromatic N) is 1. The summed E-state index contributed by atoms with van der Waals surface area (Å²) in [5, 5.41) is 3.31. The van der Waals surface area contributed by atoms with E-state index in [2.05, 4.69) is 30.0 Å². The van der Waals surface area contributed by atoms with E-state index in [1.54, 1.807) is 4.90 Å². The Bertz CT molecular complexity index is 616. The van der Waals surface area contributed by atoms with Gasteiger partial charge in [-0.3, -0.25) is 20.4 Å². The zero-order valence-electron chi connectivity index (χ0n) is 14.8. The van der Waals surface area contributed by atoms with Crippen LogP contribution in [0.4, 0.5) is 5.69 Å². The average Bonchev–Trinajstić information content (AvgIpc) is 2.78. The van der Waals surface area contributed by atoms with Crippen molar-refractivity contribution >= 4 is 34.8 Å². The number of carbonyl (C=O) groups is 2. The molecule has 1 aromatic rings. The third-order valence-electron chi connectivity index (χ3n) is 4.16. The van der Waals surface area contributed by atoms with Crippen LogP contribution in [0.3, 0.4) is 0 Å². The molecule has 1 aromatic carbocycles. The topological polar surface area (TPSA) is 73.5 Å². The van der Waals surface area contributed by atoms with Gasteiger partial charge < -0.3 is 10.2 Å². The quantitative estimate of drug-likeness (QED) is 0.567. The van der Waals surface area contributed by atoms with E-state index in [-0.39, 0.29) is 18.4 Å². The third-order valence-corrected chi connectivity index (χ3v) is 4.36. The van der Waals surface area contributed by atoms with Crippen LogP contribution in [0, 0.1) is 0 Å². The lowest BCUT2D eigenvalue weighted by Gasteiger charge is -2.20. The maximum absolute atomic E-state index is 12.0. The molecule has 1 heterocycles. The minimum Gasteiger partial charge on any atom is -0.333 e. The van der Waals surface area contributed by atoms with Crippen LogP contribution < -0.4 is 16.2 Å². The zero-order chi connectivity index (χ0) is 18.2. The summed E-state index contributed by atoms with van der Waals surface area (Å²) in [4.78, 5) is 25.5. The first-order valence-corrected chi connectivity index (χ1v) is 9.10. The Morgan fingerprint density at radius 1 is 1.16 bits per heavy atom. The maximum Gasteiger partial charge on any atom is 0.257 e. The Morgan fingerprint density at radius 3 is 2.56 bits per heavy atom. The highest BCUT2D eigenvalue weighted by Gasteiger charge is 2.19. The molecule has 0 bridgehead atoms. The Hall–Kier alpha value is -2.15. The summed E-state index contributed by atoms with van der Waals surface area (Å²) in [6.45, 7) is 4.97. The SMILES string of the molecule is CC(C)c1ccc(NC(=S)NNC(=O)CN2CCCCCC2=O)cc1. The van der Waals surface area contributed by atoms with Crippen molar-refractivity contribution in [2.75, 3.05) is 18.4 Å². The van der Waals surface area contributed by atoms with Crippen molar-refractivity contribution in [1.82, 2.24) is 15.8 Å². The summed E-state index contributed by atoms with van der Waals surface area (Å²) >= 11 is 5.17. The fourth-order valence-electron chi connectivity index (χ4n) is 2.66. The molecule has 0 unspecified atom stereocenters. The van der Waals surface area contributed by atoms with Crippen molar-refractivity contribution in [1.29, 1.82) is 0 Å². The van der Waals surface area contributed by atoms with E-state index < -0.39 is 0 Å². The molecule has 1 aliphatic rings. The van der Waals surface area contributed by atoms with E-state index in [9.17, 15) is 9.59 Å². The lowest BCUT2D eigenvalue weighted by atomic mass is 10.0. The number of likely N-dealkylation sites (tertiary alicyclic amines) is 1. The fourth-order valence-corrected chi connectivity index (χ4v) is 2.83. The molecule has 1 aliphatic heterocycles. The fraction of sp³-hybridized carbons (Fsp3) is 0.500. The zero-order valence-corrected chi connectivity index (χ0v) is 15.6. The number of benzene rings is 1. The number of hydrazine groups is 1. The number of carbonyl (C=O) groups excluding carboxylic acids is 2. The lowest BCUT2D eigenvalue weighted by Crippen LogP contribution is -2.48. The molecule has 0 spiro atoms. The van der Waals surface area contributed by atoms with Crippen LogP contribution in [0.15, 0.2) is 24.3 Å². The molecule has 1 saturated heterocycles. The molecule has 25 heavy (non-hydrogen) atoms. The van der Waals surface area contributed by atoms with Crippen LogP contribution in [0.1, 0.15) is 51.0 Å². The molecular weight excluding hydrogens is 336 g/mol. The predicted octanol–water partition coefficient (Wildman–Crippen LogP) is 2.53. The highest BCUT2D eigenvalue weighted by atomic mass is 32.1. The standard InChI is InChI=1S/C18H26N4O2S/c1-13(2)14-7-9-15(10-8-14)19-18(25)21-20-16(23)12-22-11-5-3-4-6-17(22)24/h7-10,13H,3-6,11-12H2,1-2H3,(H,20,23)(H2,19,21,25). The average molecular weight is 362 g/mol. The molecule has 3 N–H and O–H groups in total. The van der Waals surface area contributed by atoms with E-state index in [0.717, 1.165) is 24.9 Å². The van der Waals surface area contributed by atoms with Gasteiger partial charge in [0.05, 0.1) is 0 Å². The van der Waals surface area contributed by atoms with Gasteiger partial charge in [-0.1, -0.05) is 32.4 Å². The normalized spacial score (nSPS) is 14.8. The second-order valence-corrected chi connectivity index (χ2v) is 6.94. The highest BCUT2D eigenvalue weighted by molar-refractivity contribution is 7.80. The van der Waals surface area contributed by atoms with Gasteiger partial charge in [0.1, 0.15) is 6.54 Å². The first-order valence-electron chi connectivity index (χ1n) is 8.69. The molecule has 1 fully saturated rings. The van der Waals surface area contributed by atoms with Crippen molar-refractivity contribution < 1.29 is 9.59 Å². The van der Waals surface area contributed by atoms with Gasteiger partial charge in [0.15, 0.2) is 5.11 Å². The van der Waals surface area contributed by atoms with Crippen LogP contribution in [0.25, 0.3) is 0 Å². The number of nitrogens with one attached hydrogen (secondary N) is 3. The maximum atomic E-state index is 12.0.